The number of nitrogens with one attached hydrogen (secondary N) is 1. The number of pyridine rings is 1. The summed E-state index contributed by atoms with van der Waals surface area (Å²) in [4.78, 5) is 4.64. The molecule has 0 saturated heterocycles. The zero-order valence-corrected chi connectivity index (χ0v) is 12.2. The smallest absolute Gasteiger partial charge is 0.129 e. The summed E-state index contributed by atoms with van der Waals surface area (Å²) >= 11 is 9.53. The van der Waals surface area contributed by atoms with Gasteiger partial charge in [0, 0.05) is 21.4 Å². The van der Waals surface area contributed by atoms with Gasteiger partial charge in [-0.25, -0.2) is 4.98 Å². The van der Waals surface area contributed by atoms with Gasteiger partial charge in [-0.1, -0.05) is 18.5 Å². The molecular weight excluding hydrogens is 300 g/mol. The van der Waals surface area contributed by atoms with Crippen LogP contribution in [0.2, 0.25) is 5.02 Å². The number of hydrogen-bond acceptors (Lipinski definition) is 2. The first kappa shape index (κ1) is 12.7. The zero-order chi connectivity index (χ0) is 12.4. The SMILES string of the molecule is CCCNc1nc2c(Br)cc(Cl)cc2cc1C. The first-order chi connectivity index (χ1) is 8.11. The second kappa shape index (κ2) is 5.23. The van der Waals surface area contributed by atoms with Crippen LogP contribution in [-0.2, 0) is 0 Å². The Bertz CT molecular complexity index is 555. The van der Waals surface area contributed by atoms with Crippen molar-refractivity contribution in [2.75, 3.05) is 11.9 Å². The number of rotatable bonds is 3. The minimum atomic E-state index is 0.722. The Hall–Kier alpha value is -0.800. The van der Waals surface area contributed by atoms with Gasteiger partial charge >= 0.3 is 0 Å². The first-order valence-electron chi connectivity index (χ1n) is 5.62. The lowest BCUT2D eigenvalue weighted by Crippen LogP contribution is -2.04. The van der Waals surface area contributed by atoms with Crippen molar-refractivity contribution in [1.29, 1.82) is 0 Å². The van der Waals surface area contributed by atoms with Crippen molar-refractivity contribution in [3.8, 4) is 0 Å². The van der Waals surface area contributed by atoms with E-state index in [0.717, 1.165) is 44.7 Å². The van der Waals surface area contributed by atoms with Gasteiger partial charge in [0.05, 0.1) is 5.52 Å². The van der Waals surface area contributed by atoms with Gasteiger partial charge in [0.1, 0.15) is 5.82 Å². The fourth-order valence-electron chi connectivity index (χ4n) is 1.74. The molecule has 90 valence electrons. The van der Waals surface area contributed by atoms with Gasteiger partial charge < -0.3 is 5.32 Å². The molecule has 0 spiro atoms. The first-order valence-corrected chi connectivity index (χ1v) is 6.79. The van der Waals surface area contributed by atoms with E-state index in [4.69, 9.17) is 11.6 Å². The van der Waals surface area contributed by atoms with Crippen LogP contribution in [0.3, 0.4) is 0 Å². The summed E-state index contributed by atoms with van der Waals surface area (Å²) in [6.07, 6.45) is 1.08. The molecule has 1 N–H and O–H groups in total. The van der Waals surface area contributed by atoms with E-state index in [1.165, 1.54) is 0 Å². The van der Waals surface area contributed by atoms with Crippen molar-refractivity contribution in [2.24, 2.45) is 0 Å². The second-order valence-corrected chi connectivity index (χ2v) is 5.33. The monoisotopic (exact) mass is 312 g/mol. The summed E-state index contributed by atoms with van der Waals surface area (Å²) in [5.74, 6) is 0.947. The van der Waals surface area contributed by atoms with Gasteiger partial charge in [-0.15, -0.1) is 0 Å². The molecule has 0 saturated carbocycles. The fraction of sp³-hybridized carbons (Fsp3) is 0.308. The summed E-state index contributed by atoms with van der Waals surface area (Å²) in [7, 11) is 0. The predicted molar refractivity (Wildman–Crippen MR) is 78.0 cm³/mol. The Kier molecular flexibility index (Phi) is 3.89. The Morgan fingerprint density at radius 1 is 1.35 bits per heavy atom. The van der Waals surface area contributed by atoms with Gasteiger partial charge in [-0.2, -0.15) is 0 Å². The molecule has 0 unspecified atom stereocenters. The standard InChI is InChI=1S/C13H14BrClN2/c1-3-4-16-13-8(2)5-9-6-10(15)7-11(14)12(9)17-13/h5-7H,3-4H2,1-2H3,(H,16,17). The molecule has 17 heavy (non-hydrogen) atoms. The maximum atomic E-state index is 6.03. The molecule has 0 amide bonds. The quantitative estimate of drug-likeness (QED) is 0.882. The highest BCUT2D eigenvalue weighted by Crippen LogP contribution is 2.29. The number of aromatic nitrogens is 1. The molecule has 1 heterocycles. The molecule has 0 fully saturated rings. The van der Waals surface area contributed by atoms with Crippen LogP contribution in [0.5, 0.6) is 0 Å². The fourth-order valence-corrected chi connectivity index (χ4v) is 2.66. The molecule has 0 radical (unpaired) electrons. The molecule has 4 heteroatoms. The van der Waals surface area contributed by atoms with Gasteiger partial charge in [0.15, 0.2) is 0 Å². The van der Waals surface area contributed by atoms with Gasteiger partial charge in [-0.05, 0) is 53.0 Å². The van der Waals surface area contributed by atoms with E-state index in [9.17, 15) is 0 Å². The Labute approximate surface area is 115 Å². The number of halogens is 2. The minimum Gasteiger partial charge on any atom is -0.370 e. The van der Waals surface area contributed by atoms with E-state index < -0.39 is 0 Å². The third-order valence-corrected chi connectivity index (χ3v) is 3.39. The van der Waals surface area contributed by atoms with Crippen molar-refractivity contribution in [3.05, 3.63) is 33.3 Å². The molecule has 0 aliphatic carbocycles. The normalized spacial score (nSPS) is 10.8. The molecule has 1 aromatic heterocycles. The van der Waals surface area contributed by atoms with Crippen LogP contribution < -0.4 is 5.32 Å². The van der Waals surface area contributed by atoms with E-state index in [2.05, 4.69) is 46.1 Å². The average Bonchev–Trinajstić information content (AvgIpc) is 2.26. The lowest BCUT2D eigenvalue weighted by Gasteiger charge is -2.10. The summed E-state index contributed by atoms with van der Waals surface area (Å²) < 4.78 is 0.930. The van der Waals surface area contributed by atoms with Crippen molar-refractivity contribution in [3.63, 3.8) is 0 Å². The van der Waals surface area contributed by atoms with Crippen molar-refractivity contribution < 1.29 is 0 Å². The molecule has 0 bridgehead atoms. The molecular formula is C13H14BrClN2. The van der Waals surface area contributed by atoms with Crippen LogP contribution in [0, 0.1) is 6.92 Å². The van der Waals surface area contributed by atoms with Crippen LogP contribution in [0.25, 0.3) is 10.9 Å². The predicted octanol–water partition coefficient (Wildman–Crippen LogP) is 4.78. The Balaban J connectivity index is 2.55. The summed E-state index contributed by atoms with van der Waals surface area (Å²) in [6.45, 7) is 5.13. The molecule has 0 atom stereocenters. The number of nitrogens with zero attached hydrogens (tertiary/aromatic N) is 1. The summed E-state index contributed by atoms with van der Waals surface area (Å²) in [5, 5.41) is 5.11. The third kappa shape index (κ3) is 2.72. The highest BCUT2D eigenvalue weighted by atomic mass is 79.9. The van der Waals surface area contributed by atoms with Crippen molar-refractivity contribution in [2.45, 2.75) is 20.3 Å². The third-order valence-electron chi connectivity index (χ3n) is 2.57. The van der Waals surface area contributed by atoms with Crippen molar-refractivity contribution >= 4 is 44.3 Å². The molecule has 2 aromatic rings. The number of benzene rings is 1. The van der Waals surface area contributed by atoms with Crippen LogP contribution >= 0.6 is 27.5 Å². The maximum absolute atomic E-state index is 6.03. The van der Waals surface area contributed by atoms with Gasteiger partial charge in [0.2, 0.25) is 0 Å². The van der Waals surface area contributed by atoms with Gasteiger partial charge in [-0.3, -0.25) is 0 Å². The number of fused-ring (bicyclic) bond motifs is 1. The van der Waals surface area contributed by atoms with E-state index in [1.807, 2.05) is 12.1 Å². The molecule has 0 aliphatic rings. The highest BCUT2D eigenvalue weighted by molar-refractivity contribution is 9.10. The Morgan fingerprint density at radius 2 is 2.12 bits per heavy atom. The average molecular weight is 314 g/mol. The van der Waals surface area contributed by atoms with Crippen LogP contribution in [0.15, 0.2) is 22.7 Å². The van der Waals surface area contributed by atoms with Crippen LogP contribution in [-0.4, -0.2) is 11.5 Å². The molecule has 1 aromatic carbocycles. The van der Waals surface area contributed by atoms with E-state index in [1.54, 1.807) is 0 Å². The van der Waals surface area contributed by atoms with Crippen LogP contribution in [0.1, 0.15) is 18.9 Å². The van der Waals surface area contributed by atoms with E-state index in [-0.39, 0.29) is 0 Å². The number of aryl methyl sites for hydroxylation is 1. The molecule has 0 aliphatic heterocycles. The van der Waals surface area contributed by atoms with E-state index >= 15 is 0 Å². The zero-order valence-electron chi connectivity index (χ0n) is 9.85. The van der Waals surface area contributed by atoms with Crippen LogP contribution in [0.4, 0.5) is 5.82 Å². The minimum absolute atomic E-state index is 0.722. The molecule has 2 rings (SSSR count). The number of anilines is 1. The summed E-state index contributed by atoms with van der Waals surface area (Å²) in [5.41, 5.74) is 2.08. The lowest BCUT2D eigenvalue weighted by atomic mass is 10.1. The van der Waals surface area contributed by atoms with Gasteiger partial charge in [0.25, 0.3) is 0 Å². The topological polar surface area (TPSA) is 24.9 Å². The number of hydrogen-bond donors (Lipinski definition) is 1. The molecule has 2 nitrogen and oxygen atoms in total. The Morgan fingerprint density at radius 3 is 2.82 bits per heavy atom. The second-order valence-electron chi connectivity index (χ2n) is 4.04. The maximum Gasteiger partial charge on any atom is 0.129 e. The summed E-state index contributed by atoms with van der Waals surface area (Å²) in [6, 6.07) is 5.91. The lowest BCUT2D eigenvalue weighted by molar-refractivity contribution is 0.968. The largest absolute Gasteiger partial charge is 0.370 e. The highest BCUT2D eigenvalue weighted by Gasteiger charge is 2.07. The van der Waals surface area contributed by atoms with Crippen molar-refractivity contribution in [1.82, 2.24) is 4.98 Å². The van der Waals surface area contributed by atoms with E-state index in [0.29, 0.717) is 0 Å².